The molecule has 0 atom stereocenters. The van der Waals surface area contributed by atoms with Crippen molar-refractivity contribution in [3.8, 4) is 0 Å². The van der Waals surface area contributed by atoms with Crippen molar-refractivity contribution in [2.45, 2.75) is 66.2 Å². The van der Waals surface area contributed by atoms with E-state index in [1.165, 1.54) is 33.4 Å². The molecule has 0 aromatic heterocycles. The molecule has 0 radical (unpaired) electrons. The summed E-state index contributed by atoms with van der Waals surface area (Å²) >= 11 is 0. The molecule has 2 aromatic rings. The first-order valence-corrected chi connectivity index (χ1v) is 13.9. The maximum absolute atomic E-state index is 9.38. The minimum Gasteiger partial charge on any atom is -0.423 e. The first-order chi connectivity index (χ1) is 18.5. The summed E-state index contributed by atoms with van der Waals surface area (Å²) in [7, 11) is -1.44. The smallest absolute Gasteiger partial charge is 0.423 e. The van der Waals surface area contributed by atoms with Crippen LogP contribution in [0.2, 0.25) is 0 Å². The second kappa shape index (κ2) is 13.6. The first-order valence-electron chi connectivity index (χ1n) is 13.9. The Morgan fingerprint density at radius 2 is 1.16 bits per heavy atom. The third-order valence-electron chi connectivity index (χ3n) is 7.37. The summed E-state index contributed by atoms with van der Waals surface area (Å²) < 4.78 is 0. The Kier molecular flexibility index (Phi) is 10.0. The molecule has 4 rings (SSSR count). The summed E-state index contributed by atoms with van der Waals surface area (Å²) in [5.74, 6) is 1.77. The fraction of sp³-hybridized carbons (Fsp3) is 0.500. The lowest BCUT2D eigenvalue weighted by Crippen LogP contribution is -2.35. The van der Waals surface area contributed by atoms with Gasteiger partial charge in [-0.1, -0.05) is 45.0 Å². The van der Waals surface area contributed by atoms with Gasteiger partial charge in [-0.05, 0) is 63.7 Å². The van der Waals surface area contributed by atoms with E-state index in [1.807, 2.05) is 12.1 Å². The van der Waals surface area contributed by atoms with E-state index < -0.39 is 7.12 Å². The fourth-order valence-corrected chi connectivity index (χ4v) is 5.53. The lowest BCUT2D eigenvalue weighted by Gasteiger charge is -2.27. The van der Waals surface area contributed by atoms with E-state index >= 15 is 0 Å². The molecule has 0 unspecified atom stereocenters. The molecule has 2 aliphatic rings. The molecule has 2 aliphatic heterocycles. The third kappa shape index (κ3) is 6.67. The monoisotopic (exact) mass is 519 g/mol. The van der Waals surface area contributed by atoms with E-state index in [9.17, 15) is 10.0 Å². The van der Waals surface area contributed by atoms with Crippen molar-refractivity contribution in [2.24, 2.45) is 9.98 Å². The zero-order valence-corrected chi connectivity index (χ0v) is 23.0. The highest BCUT2D eigenvalue weighted by Crippen LogP contribution is 2.31. The lowest BCUT2D eigenvalue weighted by molar-refractivity contribution is 0.426. The Hall–Kier alpha value is -3.08. The van der Waals surface area contributed by atoms with Gasteiger partial charge >= 0.3 is 7.12 Å². The molecule has 2 heterocycles. The van der Waals surface area contributed by atoms with Gasteiger partial charge in [0.1, 0.15) is 0 Å². The zero-order chi connectivity index (χ0) is 26.9. The standard InChI is InChI=1S/C28H42BN7O2/c1-4-21-24(16-30-15-19-7-9-20(10-8-19)29(37)38)22(5-2)26(18-36-28-33-13-14-34-28)23(6-3)25(21)17-35-27-31-11-12-32-27/h7-10,30,37-38H,4-6,11-18H2,1-3H3,(H2,31,32,35)(H2,33,34,36). The largest absolute Gasteiger partial charge is 0.488 e. The third-order valence-corrected chi connectivity index (χ3v) is 7.37. The molecule has 7 N–H and O–H groups in total. The van der Waals surface area contributed by atoms with Crippen molar-refractivity contribution in [1.29, 1.82) is 0 Å². The van der Waals surface area contributed by atoms with Crippen LogP contribution in [-0.2, 0) is 45.4 Å². The van der Waals surface area contributed by atoms with Crippen LogP contribution in [0.5, 0.6) is 0 Å². The van der Waals surface area contributed by atoms with Crippen molar-refractivity contribution in [1.82, 2.24) is 26.6 Å². The summed E-state index contributed by atoms with van der Waals surface area (Å²) in [4.78, 5) is 9.09. The Labute approximate surface area is 226 Å². The van der Waals surface area contributed by atoms with Crippen LogP contribution in [0.4, 0.5) is 0 Å². The van der Waals surface area contributed by atoms with Crippen molar-refractivity contribution in [2.75, 3.05) is 26.2 Å². The fourth-order valence-electron chi connectivity index (χ4n) is 5.53. The van der Waals surface area contributed by atoms with Gasteiger partial charge in [-0.15, -0.1) is 0 Å². The van der Waals surface area contributed by atoms with E-state index in [4.69, 9.17) is 0 Å². The minimum atomic E-state index is -1.44. The van der Waals surface area contributed by atoms with Crippen LogP contribution in [0, 0.1) is 0 Å². The van der Waals surface area contributed by atoms with E-state index in [0.717, 1.165) is 82.6 Å². The molecule has 0 bridgehead atoms. The highest BCUT2D eigenvalue weighted by atomic mass is 16.4. The molecule has 0 fully saturated rings. The predicted molar refractivity (Wildman–Crippen MR) is 156 cm³/mol. The topological polar surface area (TPSA) is 125 Å². The maximum atomic E-state index is 9.38. The van der Waals surface area contributed by atoms with Gasteiger partial charge in [-0.2, -0.15) is 0 Å². The van der Waals surface area contributed by atoms with E-state index in [-0.39, 0.29) is 0 Å². The van der Waals surface area contributed by atoms with Crippen molar-refractivity contribution in [3.63, 3.8) is 0 Å². The van der Waals surface area contributed by atoms with E-state index in [2.05, 4.69) is 57.3 Å². The summed E-state index contributed by atoms with van der Waals surface area (Å²) in [5, 5.41) is 36.2. The second-order valence-electron chi connectivity index (χ2n) is 9.67. The highest BCUT2D eigenvalue weighted by Gasteiger charge is 2.22. The number of rotatable bonds is 12. The second-order valence-corrected chi connectivity index (χ2v) is 9.67. The number of guanidine groups is 2. The van der Waals surface area contributed by atoms with E-state index in [0.29, 0.717) is 12.0 Å². The van der Waals surface area contributed by atoms with E-state index in [1.54, 1.807) is 12.1 Å². The Balaban J connectivity index is 1.64. The Bertz CT molecular complexity index is 1090. The molecule has 204 valence electrons. The van der Waals surface area contributed by atoms with Crippen LogP contribution >= 0.6 is 0 Å². The molecular formula is C28H42BN7O2. The summed E-state index contributed by atoms with van der Waals surface area (Å²) in [6.07, 6.45) is 2.88. The van der Waals surface area contributed by atoms with Gasteiger partial charge in [0.05, 0.1) is 13.1 Å². The number of hydrogen-bond acceptors (Lipinski definition) is 9. The van der Waals surface area contributed by atoms with Gasteiger partial charge in [-0.25, -0.2) is 0 Å². The van der Waals surface area contributed by atoms with Crippen molar-refractivity contribution >= 4 is 24.5 Å². The Morgan fingerprint density at radius 1 is 0.684 bits per heavy atom. The molecule has 0 saturated heterocycles. The van der Waals surface area contributed by atoms with Gasteiger partial charge in [0.25, 0.3) is 0 Å². The van der Waals surface area contributed by atoms with Crippen LogP contribution in [0.1, 0.15) is 59.7 Å². The summed E-state index contributed by atoms with van der Waals surface area (Å²) in [5.41, 5.74) is 9.98. The number of benzene rings is 2. The number of nitrogens with one attached hydrogen (secondary N) is 5. The van der Waals surface area contributed by atoms with Crippen LogP contribution < -0.4 is 32.0 Å². The maximum Gasteiger partial charge on any atom is 0.488 e. The van der Waals surface area contributed by atoms with Crippen LogP contribution in [0.15, 0.2) is 34.3 Å². The van der Waals surface area contributed by atoms with Gasteiger partial charge in [0, 0.05) is 39.3 Å². The predicted octanol–water partition coefficient (Wildman–Crippen LogP) is 0.441. The lowest BCUT2D eigenvalue weighted by atomic mass is 9.80. The van der Waals surface area contributed by atoms with Crippen molar-refractivity contribution in [3.05, 3.63) is 63.2 Å². The number of aliphatic imine (C=N–C) groups is 2. The Morgan fingerprint density at radius 3 is 1.55 bits per heavy atom. The van der Waals surface area contributed by atoms with Gasteiger partial charge in [-0.3, -0.25) is 9.98 Å². The summed E-state index contributed by atoms with van der Waals surface area (Å²) in [6, 6.07) is 7.41. The highest BCUT2D eigenvalue weighted by molar-refractivity contribution is 6.58. The van der Waals surface area contributed by atoms with Gasteiger partial charge < -0.3 is 36.6 Å². The zero-order valence-electron chi connectivity index (χ0n) is 23.0. The first kappa shape index (κ1) is 27.9. The van der Waals surface area contributed by atoms with Crippen LogP contribution in [0.25, 0.3) is 0 Å². The molecule has 38 heavy (non-hydrogen) atoms. The molecule has 10 heteroatoms. The SMILES string of the molecule is CCc1c(CNCc2ccc(B(O)O)cc2)c(CC)c(CNC2=NCCN2)c(CC)c1CNC1=NCCN1. The average Bonchev–Trinajstić information content (AvgIpc) is 3.65. The average molecular weight is 520 g/mol. The molecular weight excluding hydrogens is 477 g/mol. The van der Waals surface area contributed by atoms with Gasteiger partial charge in [0.2, 0.25) is 0 Å². The molecule has 0 saturated carbocycles. The molecule has 0 amide bonds. The number of nitrogens with zero attached hydrogens (tertiary/aromatic N) is 2. The number of hydrogen-bond donors (Lipinski definition) is 7. The van der Waals surface area contributed by atoms with Gasteiger partial charge in [0.15, 0.2) is 11.9 Å². The van der Waals surface area contributed by atoms with Crippen LogP contribution in [-0.4, -0.2) is 55.3 Å². The molecule has 0 aliphatic carbocycles. The molecule has 9 nitrogen and oxygen atoms in total. The minimum absolute atomic E-state index is 0.502. The van der Waals surface area contributed by atoms with Crippen LogP contribution in [0.3, 0.4) is 0 Å². The normalized spacial score (nSPS) is 14.6. The van der Waals surface area contributed by atoms with Crippen molar-refractivity contribution < 1.29 is 10.0 Å². The molecule has 0 spiro atoms. The quantitative estimate of drug-likeness (QED) is 0.203. The molecule has 2 aromatic carbocycles. The summed E-state index contributed by atoms with van der Waals surface area (Å²) in [6.45, 7) is 13.1.